The van der Waals surface area contributed by atoms with E-state index in [2.05, 4.69) is 25.7 Å². The first-order chi connectivity index (χ1) is 15.5. The van der Waals surface area contributed by atoms with Gasteiger partial charge in [-0.2, -0.15) is 5.10 Å². The summed E-state index contributed by atoms with van der Waals surface area (Å²) in [7, 11) is 1.59. The number of halogens is 2. The fourth-order valence-corrected chi connectivity index (χ4v) is 5.35. The van der Waals surface area contributed by atoms with E-state index < -0.39 is 13.0 Å². The largest absolute Gasteiger partial charge is 0.493 e. The number of amides is 1. The quantitative estimate of drug-likeness (QED) is 0.459. The van der Waals surface area contributed by atoms with E-state index >= 15 is 0 Å². The number of nitrogens with zero attached hydrogens (tertiary/aromatic N) is 4. The second-order valence-corrected chi connectivity index (χ2v) is 8.65. The van der Waals surface area contributed by atoms with Gasteiger partial charge in [-0.05, 0) is 37.0 Å². The summed E-state index contributed by atoms with van der Waals surface area (Å²) in [4.78, 5) is 23.1. The smallest absolute Gasteiger partial charge is 0.255 e. The van der Waals surface area contributed by atoms with Crippen LogP contribution in [-0.4, -0.2) is 45.6 Å². The number of methoxy groups -OCH3 is 1. The highest BCUT2D eigenvalue weighted by molar-refractivity contribution is 7.19. The van der Waals surface area contributed by atoms with Crippen molar-refractivity contribution in [3.05, 3.63) is 41.3 Å². The summed E-state index contributed by atoms with van der Waals surface area (Å²) in [5.41, 5.74) is 2.76. The molecule has 0 spiro atoms. The van der Waals surface area contributed by atoms with Crippen molar-refractivity contribution in [3.63, 3.8) is 0 Å². The molecule has 2 N–H and O–H groups in total. The Morgan fingerprint density at radius 2 is 2.28 bits per heavy atom. The van der Waals surface area contributed by atoms with Crippen LogP contribution in [-0.2, 0) is 17.6 Å². The van der Waals surface area contributed by atoms with Gasteiger partial charge in [0.05, 0.1) is 36.4 Å². The third-order valence-electron chi connectivity index (χ3n) is 5.62. The average molecular weight is 458 g/mol. The van der Waals surface area contributed by atoms with Crippen molar-refractivity contribution < 1.29 is 18.3 Å². The summed E-state index contributed by atoms with van der Waals surface area (Å²) in [6.07, 6.45) is 4.21. The molecule has 1 atom stereocenters. The fraction of sp³-hybridized carbons (Fsp3) is 0.333. The Morgan fingerprint density at radius 1 is 1.41 bits per heavy atom. The molecule has 1 aliphatic rings. The van der Waals surface area contributed by atoms with Crippen molar-refractivity contribution in [1.82, 2.24) is 24.9 Å². The van der Waals surface area contributed by atoms with Gasteiger partial charge in [-0.25, -0.2) is 23.3 Å². The van der Waals surface area contributed by atoms with E-state index in [0.29, 0.717) is 30.8 Å². The zero-order valence-corrected chi connectivity index (χ0v) is 18.0. The molecule has 4 aromatic rings. The summed E-state index contributed by atoms with van der Waals surface area (Å²) in [5.74, 6) is 0.642. The van der Waals surface area contributed by atoms with E-state index in [0.717, 1.165) is 31.9 Å². The highest BCUT2D eigenvalue weighted by atomic mass is 32.1. The Morgan fingerprint density at radius 3 is 3.09 bits per heavy atom. The second-order valence-electron chi connectivity index (χ2n) is 7.56. The van der Waals surface area contributed by atoms with E-state index in [1.165, 1.54) is 17.7 Å². The normalized spacial score (nSPS) is 15.8. The molecule has 166 valence electrons. The first-order valence-electron chi connectivity index (χ1n) is 10.1. The Labute approximate surface area is 185 Å². The van der Waals surface area contributed by atoms with Crippen LogP contribution in [0.3, 0.4) is 0 Å². The van der Waals surface area contributed by atoms with Crippen LogP contribution in [0.5, 0.6) is 5.75 Å². The number of anilines is 2. The van der Waals surface area contributed by atoms with Crippen molar-refractivity contribution in [2.45, 2.75) is 25.7 Å². The lowest BCUT2D eigenvalue weighted by Crippen LogP contribution is -2.36. The number of carbonyl (C=O) groups is 1. The highest BCUT2D eigenvalue weighted by Gasteiger charge is 2.29. The van der Waals surface area contributed by atoms with Crippen molar-refractivity contribution in [3.8, 4) is 5.75 Å². The molecule has 0 unspecified atom stereocenters. The van der Waals surface area contributed by atoms with Crippen molar-refractivity contribution in [1.29, 1.82) is 0 Å². The molecule has 0 fully saturated rings. The van der Waals surface area contributed by atoms with Gasteiger partial charge in [0, 0.05) is 17.0 Å². The lowest BCUT2D eigenvalue weighted by atomic mass is 9.87. The Balaban J connectivity index is 1.46. The third kappa shape index (κ3) is 3.72. The van der Waals surface area contributed by atoms with Gasteiger partial charge in [0.1, 0.15) is 17.0 Å². The number of rotatable bonds is 6. The zero-order valence-electron chi connectivity index (χ0n) is 17.1. The number of nitrogens with one attached hydrogen (secondary N) is 2. The first-order valence-corrected chi connectivity index (χ1v) is 10.9. The van der Waals surface area contributed by atoms with Crippen molar-refractivity contribution in [2.24, 2.45) is 5.92 Å². The van der Waals surface area contributed by atoms with Gasteiger partial charge < -0.3 is 15.4 Å². The molecule has 1 amide bonds. The van der Waals surface area contributed by atoms with Crippen LogP contribution < -0.4 is 15.4 Å². The summed E-state index contributed by atoms with van der Waals surface area (Å²) in [6, 6.07) is 3.83. The van der Waals surface area contributed by atoms with Crippen molar-refractivity contribution >= 4 is 44.5 Å². The molecular weight excluding hydrogens is 438 g/mol. The number of fused-ring (bicyclic) bond motifs is 4. The van der Waals surface area contributed by atoms with Gasteiger partial charge in [0.25, 0.3) is 6.43 Å². The molecule has 8 nitrogen and oxygen atoms in total. The SMILES string of the molecule is COc1cn2nccc2cc1Nc1ncnc2sc3c(c12)CC[C@H](C(=O)NCC(F)F)C3. The van der Waals surface area contributed by atoms with Crippen LogP contribution in [0.25, 0.3) is 15.7 Å². The molecule has 5 rings (SSSR count). The van der Waals surface area contributed by atoms with Gasteiger partial charge in [0.15, 0.2) is 5.75 Å². The van der Waals surface area contributed by atoms with Gasteiger partial charge in [-0.15, -0.1) is 11.3 Å². The summed E-state index contributed by atoms with van der Waals surface area (Å²) < 4.78 is 32.1. The predicted octanol–water partition coefficient (Wildman–Crippen LogP) is 3.58. The molecule has 0 bridgehead atoms. The highest BCUT2D eigenvalue weighted by Crippen LogP contribution is 2.41. The average Bonchev–Trinajstić information content (AvgIpc) is 3.40. The van der Waals surface area contributed by atoms with E-state index in [4.69, 9.17) is 4.74 Å². The molecule has 11 heteroatoms. The minimum Gasteiger partial charge on any atom is -0.493 e. The Hall–Kier alpha value is -3.34. The predicted molar refractivity (Wildman–Crippen MR) is 117 cm³/mol. The molecule has 4 aromatic heterocycles. The molecule has 0 saturated carbocycles. The van der Waals surface area contributed by atoms with E-state index in [9.17, 15) is 13.6 Å². The third-order valence-corrected chi connectivity index (χ3v) is 6.78. The van der Waals surface area contributed by atoms with E-state index in [1.54, 1.807) is 24.0 Å². The summed E-state index contributed by atoms with van der Waals surface area (Å²) >= 11 is 1.52. The number of carbonyl (C=O) groups excluding carboxylic acids is 1. The molecule has 0 aromatic carbocycles. The van der Waals surface area contributed by atoms with E-state index in [1.807, 2.05) is 12.1 Å². The van der Waals surface area contributed by atoms with Gasteiger partial charge in [-0.1, -0.05) is 0 Å². The number of hydrogen-bond acceptors (Lipinski definition) is 7. The second kappa shape index (κ2) is 8.30. The molecule has 1 aliphatic carbocycles. The van der Waals surface area contributed by atoms with E-state index in [-0.39, 0.29) is 11.8 Å². The van der Waals surface area contributed by atoms with Crippen molar-refractivity contribution in [2.75, 3.05) is 19.0 Å². The monoisotopic (exact) mass is 458 g/mol. The van der Waals surface area contributed by atoms with Crippen LogP contribution in [0.4, 0.5) is 20.3 Å². The van der Waals surface area contributed by atoms with Crippen LogP contribution in [0.1, 0.15) is 16.9 Å². The maximum atomic E-state index is 12.4. The van der Waals surface area contributed by atoms with Gasteiger partial charge in [0.2, 0.25) is 5.91 Å². The first kappa shape index (κ1) is 20.6. The lowest BCUT2D eigenvalue weighted by molar-refractivity contribution is -0.125. The van der Waals surface area contributed by atoms with Gasteiger partial charge >= 0.3 is 0 Å². The van der Waals surface area contributed by atoms with Crippen LogP contribution >= 0.6 is 11.3 Å². The minimum absolute atomic E-state index is 0.317. The number of thiophene rings is 1. The number of ether oxygens (including phenoxy) is 1. The number of aryl methyl sites for hydroxylation is 1. The molecule has 0 saturated heterocycles. The summed E-state index contributed by atoms with van der Waals surface area (Å²) in [5, 5.41) is 10.9. The van der Waals surface area contributed by atoms with Crippen LogP contribution in [0.15, 0.2) is 30.9 Å². The minimum atomic E-state index is -2.55. The summed E-state index contributed by atoms with van der Waals surface area (Å²) in [6.45, 7) is -0.614. The number of alkyl halides is 2. The van der Waals surface area contributed by atoms with Gasteiger partial charge in [-0.3, -0.25) is 4.79 Å². The maximum absolute atomic E-state index is 12.4. The molecule has 0 radical (unpaired) electrons. The molecule has 4 heterocycles. The lowest BCUT2D eigenvalue weighted by Gasteiger charge is -2.21. The zero-order chi connectivity index (χ0) is 22.2. The molecular formula is C21H20F2N6O2S. The molecule has 0 aliphatic heterocycles. The van der Waals surface area contributed by atoms with Crippen LogP contribution in [0.2, 0.25) is 0 Å². The fourth-order valence-electron chi connectivity index (χ4n) is 4.09. The standard InChI is InChI=1S/C21H20F2N6O2S/c1-31-15-9-29-12(4-5-27-29)7-14(15)28-19-18-13-3-2-11(20(30)24-8-17(22)23)6-16(13)32-21(18)26-10-25-19/h4-5,7,9-11,17H,2-3,6,8H2,1H3,(H,24,30)(H,25,26,28)/t11-/m0/s1. The van der Waals surface area contributed by atoms with Crippen LogP contribution in [0, 0.1) is 5.92 Å². The molecule has 32 heavy (non-hydrogen) atoms. The Kier molecular flexibility index (Phi) is 5.33. The topological polar surface area (TPSA) is 93.4 Å². The Bertz CT molecular complexity index is 1300. The number of aromatic nitrogens is 4. The maximum Gasteiger partial charge on any atom is 0.255 e. The number of pyridine rings is 1. The number of hydrogen-bond donors (Lipinski definition) is 2.